The van der Waals surface area contributed by atoms with E-state index in [1.807, 2.05) is 6.92 Å². The van der Waals surface area contributed by atoms with Crippen molar-refractivity contribution < 1.29 is 0 Å². The molecule has 0 atom stereocenters. The second-order valence-electron chi connectivity index (χ2n) is 4.79. The number of aromatic nitrogens is 2. The Morgan fingerprint density at radius 1 is 1.28 bits per heavy atom. The van der Waals surface area contributed by atoms with Crippen LogP contribution in [-0.4, -0.2) is 59.1 Å². The summed E-state index contributed by atoms with van der Waals surface area (Å²) in [5, 5.41) is 0. The quantitative estimate of drug-likeness (QED) is 0.731. The van der Waals surface area contributed by atoms with Crippen LogP contribution in [0.15, 0.2) is 11.1 Å². The maximum Gasteiger partial charge on any atom is 0.267 e. The fourth-order valence-corrected chi connectivity index (χ4v) is 2.48. The van der Waals surface area contributed by atoms with Gasteiger partial charge in [-0.2, -0.15) is 0 Å². The highest BCUT2D eigenvalue weighted by molar-refractivity contribution is 14.1. The Bertz CT molecular complexity index is 466. The normalized spacial score (nSPS) is 18.2. The number of nitrogens with zero attached hydrogens (tertiary/aromatic N) is 4. The van der Waals surface area contributed by atoms with E-state index in [1.165, 1.54) is 0 Å². The lowest BCUT2D eigenvalue weighted by Gasteiger charge is -2.32. The lowest BCUT2D eigenvalue weighted by atomic mass is 10.3. The second kappa shape index (κ2) is 6.12. The van der Waals surface area contributed by atoms with Crippen LogP contribution in [0.3, 0.4) is 0 Å². The molecule has 0 radical (unpaired) electrons. The first kappa shape index (κ1) is 14.0. The van der Waals surface area contributed by atoms with Crippen LogP contribution >= 0.6 is 22.6 Å². The average Bonchev–Trinajstić information content (AvgIpc) is 2.37. The third-order valence-corrected chi connectivity index (χ3v) is 4.65. The Morgan fingerprint density at radius 3 is 2.61 bits per heavy atom. The molecule has 6 heteroatoms. The first-order valence-corrected chi connectivity index (χ1v) is 7.28. The number of hydrogen-bond acceptors (Lipinski definition) is 4. The minimum atomic E-state index is 0.0808. The smallest absolute Gasteiger partial charge is 0.267 e. The summed E-state index contributed by atoms with van der Waals surface area (Å²) in [5.74, 6) is 0. The van der Waals surface area contributed by atoms with Crippen molar-refractivity contribution in [2.24, 2.45) is 0 Å². The molecular weight excluding hydrogens is 343 g/mol. The van der Waals surface area contributed by atoms with Crippen molar-refractivity contribution in [1.29, 1.82) is 0 Å². The molecule has 0 N–H and O–H groups in total. The van der Waals surface area contributed by atoms with E-state index < -0.39 is 0 Å². The van der Waals surface area contributed by atoms with Crippen LogP contribution in [0.25, 0.3) is 0 Å². The van der Waals surface area contributed by atoms with E-state index >= 15 is 0 Å². The van der Waals surface area contributed by atoms with Gasteiger partial charge in [-0.3, -0.25) is 14.3 Å². The molecule has 1 aliphatic heterocycles. The van der Waals surface area contributed by atoms with Gasteiger partial charge in [0.05, 0.1) is 15.6 Å². The fourth-order valence-electron chi connectivity index (χ4n) is 2.03. The molecule has 2 rings (SSSR count). The molecular formula is C12H19IN4O. The van der Waals surface area contributed by atoms with Gasteiger partial charge in [0.2, 0.25) is 0 Å². The monoisotopic (exact) mass is 362 g/mol. The zero-order valence-electron chi connectivity index (χ0n) is 10.9. The van der Waals surface area contributed by atoms with Crippen molar-refractivity contribution in [1.82, 2.24) is 19.4 Å². The van der Waals surface area contributed by atoms with Gasteiger partial charge in [0, 0.05) is 39.3 Å². The van der Waals surface area contributed by atoms with Crippen molar-refractivity contribution in [2.75, 3.05) is 39.8 Å². The highest BCUT2D eigenvalue weighted by Crippen LogP contribution is 2.02. The molecule has 0 aliphatic carbocycles. The summed E-state index contributed by atoms with van der Waals surface area (Å²) in [4.78, 5) is 21.0. The molecule has 18 heavy (non-hydrogen) atoms. The lowest BCUT2D eigenvalue weighted by molar-refractivity contribution is 0.149. The highest BCUT2D eigenvalue weighted by atomic mass is 127. The van der Waals surface area contributed by atoms with Crippen LogP contribution in [0.4, 0.5) is 0 Å². The Morgan fingerprint density at radius 2 is 1.94 bits per heavy atom. The fraction of sp³-hybridized carbons (Fsp3) is 0.667. The maximum absolute atomic E-state index is 12.0. The van der Waals surface area contributed by atoms with Crippen LogP contribution in [0, 0.1) is 10.5 Å². The second-order valence-corrected chi connectivity index (χ2v) is 5.87. The average molecular weight is 362 g/mol. The van der Waals surface area contributed by atoms with Crippen LogP contribution in [0.5, 0.6) is 0 Å². The Labute approximate surface area is 121 Å². The van der Waals surface area contributed by atoms with Gasteiger partial charge in [-0.25, -0.2) is 4.98 Å². The predicted octanol–water partition coefficient (Wildman–Crippen LogP) is 0.404. The molecule has 1 aromatic heterocycles. The first-order chi connectivity index (χ1) is 8.58. The minimum Gasteiger partial charge on any atom is -0.304 e. The van der Waals surface area contributed by atoms with Crippen LogP contribution in [-0.2, 0) is 6.54 Å². The van der Waals surface area contributed by atoms with Gasteiger partial charge in [-0.05, 0) is 36.6 Å². The van der Waals surface area contributed by atoms with Crippen LogP contribution in [0.1, 0.15) is 5.69 Å². The molecule has 1 saturated heterocycles. The van der Waals surface area contributed by atoms with Crippen molar-refractivity contribution in [2.45, 2.75) is 13.5 Å². The van der Waals surface area contributed by atoms with E-state index in [0.717, 1.165) is 48.5 Å². The molecule has 2 heterocycles. The molecule has 0 unspecified atom stereocenters. The molecule has 1 aliphatic rings. The van der Waals surface area contributed by atoms with Crippen molar-refractivity contribution in [3.05, 3.63) is 25.9 Å². The number of hydrogen-bond donors (Lipinski definition) is 0. The van der Waals surface area contributed by atoms with Gasteiger partial charge < -0.3 is 4.90 Å². The topological polar surface area (TPSA) is 41.4 Å². The number of rotatable bonds is 3. The standard InChI is InChI=1S/C12H19IN4O/c1-10-11(13)12(18)17(9-14-10)8-7-16-5-3-15(2)4-6-16/h9H,3-8H2,1-2H3. The first-order valence-electron chi connectivity index (χ1n) is 6.20. The molecule has 0 bridgehead atoms. The van der Waals surface area contributed by atoms with Gasteiger partial charge in [-0.15, -0.1) is 0 Å². The summed E-state index contributed by atoms with van der Waals surface area (Å²) in [5.41, 5.74) is 0.897. The lowest BCUT2D eigenvalue weighted by Crippen LogP contribution is -2.45. The highest BCUT2D eigenvalue weighted by Gasteiger charge is 2.13. The van der Waals surface area contributed by atoms with Gasteiger partial charge in [0.1, 0.15) is 0 Å². The summed E-state index contributed by atoms with van der Waals surface area (Å²) in [7, 11) is 2.15. The van der Waals surface area contributed by atoms with E-state index in [9.17, 15) is 4.79 Å². The number of likely N-dealkylation sites (N-methyl/N-ethyl adjacent to an activating group) is 1. The summed E-state index contributed by atoms with van der Waals surface area (Å²) in [6.45, 7) is 7.91. The molecule has 5 nitrogen and oxygen atoms in total. The Balaban J connectivity index is 1.95. The van der Waals surface area contributed by atoms with E-state index in [1.54, 1.807) is 10.9 Å². The van der Waals surface area contributed by atoms with Crippen LogP contribution < -0.4 is 5.56 Å². The summed E-state index contributed by atoms with van der Waals surface area (Å²) in [6.07, 6.45) is 1.66. The van der Waals surface area contributed by atoms with E-state index in [4.69, 9.17) is 0 Å². The summed E-state index contributed by atoms with van der Waals surface area (Å²) < 4.78 is 2.45. The van der Waals surface area contributed by atoms with E-state index in [0.29, 0.717) is 0 Å². The number of aryl methyl sites for hydroxylation is 1. The van der Waals surface area contributed by atoms with Crippen molar-refractivity contribution >= 4 is 22.6 Å². The number of piperazine rings is 1. The molecule has 0 aromatic carbocycles. The van der Waals surface area contributed by atoms with Crippen molar-refractivity contribution in [3.8, 4) is 0 Å². The predicted molar refractivity (Wildman–Crippen MR) is 79.9 cm³/mol. The summed E-state index contributed by atoms with van der Waals surface area (Å²) in [6, 6.07) is 0. The Hall–Kier alpha value is -0.470. The zero-order valence-corrected chi connectivity index (χ0v) is 13.1. The van der Waals surface area contributed by atoms with Crippen LogP contribution in [0.2, 0.25) is 0 Å². The van der Waals surface area contributed by atoms with Gasteiger partial charge >= 0.3 is 0 Å². The summed E-state index contributed by atoms with van der Waals surface area (Å²) >= 11 is 2.08. The SMILES string of the molecule is Cc1ncn(CCN2CCN(C)CC2)c(=O)c1I. The van der Waals surface area contributed by atoms with Gasteiger partial charge in [0.25, 0.3) is 5.56 Å². The molecule has 0 amide bonds. The van der Waals surface area contributed by atoms with E-state index in [-0.39, 0.29) is 5.56 Å². The molecule has 0 spiro atoms. The third kappa shape index (κ3) is 3.30. The molecule has 0 saturated carbocycles. The molecule has 1 fully saturated rings. The Kier molecular flexibility index (Phi) is 4.74. The third-order valence-electron chi connectivity index (χ3n) is 3.41. The zero-order chi connectivity index (χ0) is 13.1. The van der Waals surface area contributed by atoms with Crippen molar-refractivity contribution in [3.63, 3.8) is 0 Å². The van der Waals surface area contributed by atoms with Gasteiger partial charge in [-0.1, -0.05) is 0 Å². The maximum atomic E-state index is 12.0. The van der Waals surface area contributed by atoms with Gasteiger partial charge in [0.15, 0.2) is 0 Å². The van der Waals surface area contributed by atoms with E-state index in [2.05, 4.69) is 44.4 Å². The minimum absolute atomic E-state index is 0.0808. The largest absolute Gasteiger partial charge is 0.304 e. The molecule has 100 valence electrons. The molecule has 1 aromatic rings. The number of halogens is 1.